The Morgan fingerprint density at radius 1 is 0.953 bits per heavy atom. The van der Waals surface area contributed by atoms with Crippen LogP contribution in [0.2, 0.25) is 0 Å². The summed E-state index contributed by atoms with van der Waals surface area (Å²) in [6.45, 7) is 5.14. The molecule has 1 atom stereocenters. The van der Waals surface area contributed by atoms with Crippen LogP contribution in [-0.4, -0.2) is 63.0 Å². The van der Waals surface area contributed by atoms with Gasteiger partial charge < -0.3 is 19.9 Å². The minimum Gasteiger partial charge on any atom is -0.378 e. The van der Waals surface area contributed by atoms with Crippen LogP contribution >= 0.6 is 0 Å². The van der Waals surface area contributed by atoms with E-state index in [1.807, 2.05) is 91.9 Å². The van der Waals surface area contributed by atoms with E-state index < -0.39 is 6.04 Å². The third-order valence-corrected chi connectivity index (χ3v) is 7.57. The Balaban J connectivity index is 1.32. The Bertz CT molecular complexity index is 1680. The Morgan fingerprint density at radius 3 is 2.47 bits per heavy atom. The number of morpholine rings is 1. The number of benzene rings is 3. The van der Waals surface area contributed by atoms with E-state index in [4.69, 9.17) is 4.74 Å². The maximum atomic E-state index is 14.2. The van der Waals surface area contributed by atoms with Crippen LogP contribution < -0.4 is 10.2 Å². The van der Waals surface area contributed by atoms with Gasteiger partial charge in [0, 0.05) is 43.4 Å². The summed E-state index contributed by atoms with van der Waals surface area (Å²) in [6, 6.07) is 25.8. The predicted molar refractivity (Wildman–Crippen MR) is 164 cm³/mol. The first-order chi connectivity index (χ1) is 21.0. The van der Waals surface area contributed by atoms with E-state index in [1.165, 1.54) is 0 Å². The summed E-state index contributed by atoms with van der Waals surface area (Å²) in [6.07, 6.45) is 3.39. The van der Waals surface area contributed by atoms with Crippen molar-refractivity contribution in [1.29, 1.82) is 0 Å². The monoisotopic (exact) mass is 575 g/mol. The lowest BCUT2D eigenvalue weighted by Gasteiger charge is -2.32. The SMILES string of the molecule is Cc1ccc(C(C(=O)Nc2ccc(N3CCOCC3)cc2)N(Cc2cccnc2)C(=O)Cn2nnc3ccccc32)cc1. The molecular formula is C33H33N7O3. The highest BCUT2D eigenvalue weighted by molar-refractivity contribution is 5.98. The van der Waals surface area contributed by atoms with Gasteiger partial charge in [0.05, 0.1) is 18.7 Å². The lowest BCUT2D eigenvalue weighted by atomic mass is 10.0. The van der Waals surface area contributed by atoms with E-state index in [9.17, 15) is 9.59 Å². The molecule has 1 aliphatic heterocycles. The number of pyridine rings is 1. The first-order valence-electron chi connectivity index (χ1n) is 14.3. The van der Waals surface area contributed by atoms with E-state index in [2.05, 4.69) is 25.5 Å². The summed E-state index contributed by atoms with van der Waals surface area (Å²) in [5.74, 6) is -0.591. The summed E-state index contributed by atoms with van der Waals surface area (Å²) in [4.78, 5) is 36.4. The van der Waals surface area contributed by atoms with Crippen molar-refractivity contribution in [3.63, 3.8) is 0 Å². The molecule has 218 valence electrons. The molecule has 2 amide bonds. The third-order valence-electron chi connectivity index (χ3n) is 7.57. The minimum atomic E-state index is -0.915. The number of hydrogen-bond acceptors (Lipinski definition) is 7. The number of carbonyl (C=O) groups excluding carboxylic acids is 2. The van der Waals surface area contributed by atoms with Crippen molar-refractivity contribution >= 4 is 34.2 Å². The summed E-state index contributed by atoms with van der Waals surface area (Å²) in [5, 5.41) is 11.5. The summed E-state index contributed by atoms with van der Waals surface area (Å²) < 4.78 is 7.04. The van der Waals surface area contributed by atoms with Gasteiger partial charge in [-0.2, -0.15) is 0 Å². The van der Waals surface area contributed by atoms with E-state index in [-0.39, 0.29) is 24.9 Å². The fourth-order valence-electron chi connectivity index (χ4n) is 5.27. The number of rotatable bonds is 9. The number of aryl methyl sites for hydroxylation is 1. The first-order valence-corrected chi connectivity index (χ1v) is 14.3. The number of fused-ring (bicyclic) bond motifs is 1. The Kier molecular flexibility index (Phi) is 8.37. The van der Waals surface area contributed by atoms with Gasteiger partial charge in [0.2, 0.25) is 5.91 Å². The molecule has 1 N–H and O–H groups in total. The number of hydrogen-bond donors (Lipinski definition) is 1. The van der Waals surface area contributed by atoms with Gasteiger partial charge >= 0.3 is 0 Å². The van der Waals surface area contributed by atoms with Crippen molar-refractivity contribution in [2.75, 3.05) is 36.5 Å². The number of nitrogens with one attached hydrogen (secondary N) is 1. The fraction of sp³-hybridized carbons (Fsp3) is 0.242. The highest BCUT2D eigenvalue weighted by atomic mass is 16.5. The molecule has 1 saturated heterocycles. The number of carbonyl (C=O) groups is 2. The quantitative estimate of drug-likeness (QED) is 0.278. The second-order valence-electron chi connectivity index (χ2n) is 10.6. The molecule has 0 saturated carbocycles. The molecular weight excluding hydrogens is 542 g/mol. The number of ether oxygens (including phenoxy) is 1. The smallest absolute Gasteiger partial charge is 0.251 e. The van der Waals surface area contributed by atoms with Crippen LogP contribution in [0.25, 0.3) is 11.0 Å². The van der Waals surface area contributed by atoms with Gasteiger partial charge in [-0.15, -0.1) is 5.10 Å². The zero-order chi connectivity index (χ0) is 29.6. The van der Waals surface area contributed by atoms with Gasteiger partial charge in [-0.1, -0.05) is 53.2 Å². The maximum Gasteiger partial charge on any atom is 0.251 e. The zero-order valence-electron chi connectivity index (χ0n) is 24.0. The number of anilines is 2. The average molecular weight is 576 g/mol. The van der Waals surface area contributed by atoms with Crippen LogP contribution in [0, 0.1) is 6.92 Å². The summed E-state index contributed by atoms with van der Waals surface area (Å²) in [7, 11) is 0. The second-order valence-corrected chi connectivity index (χ2v) is 10.6. The number of amides is 2. The van der Waals surface area contributed by atoms with Crippen molar-refractivity contribution in [3.05, 3.63) is 114 Å². The van der Waals surface area contributed by atoms with E-state index in [0.29, 0.717) is 30.0 Å². The van der Waals surface area contributed by atoms with Gasteiger partial charge in [0.1, 0.15) is 18.1 Å². The van der Waals surface area contributed by atoms with Gasteiger partial charge in [-0.05, 0) is 60.5 Å². The normalized spacial score (nSPS) is 13.9. The van der Waals surface area contributed by atoms with Gasteiger partial charge in [-0.25, -0.2) is 4.68 Å². The van der Waals surface area contributed by atoms with Crippen LogP contribution in [0.5, 0.6) is 0 Å². The Morgan fingerprint density at radius 2 is 1.72 bits per heavy atom. The third kappa shape index (κ3) is 6.54. The molecule has 0 bridgehead atoms. The number of nitrogens with zero attached hydrogens (tertiary/aromatic N) is 6. The molecule has 3 aromatic carbocycles. The Labute approximate surface area is 249 Å². The average Bonchev–Trinajstić information content (AvgIpc) is 3.45. The van der Waals surface area contributed by atoms with Crippen molar-refractivity contribution in [3.8, 4) is 0 Å². The predicted octanol–water partition coefficient (Wildman–Crippen LogP) is 4.38. The van der Waals surface area contributed by atoms with Crippen LogP contribution in [0.1, 0.15) is 22.7 Å². The molecule has 0 radical (unpaired) electrons. The van der Waals surface area contributed by atoms with E-state index >= 15 is 0 Å². The molecule has 6 rings (SSSR count). The standard InChI is InChI=1S/C33H33N7O3/c1-24-8-10-26(11-9-24)32(33(42)35-27-12-14-28(15-13-27)38-17-19-43-20-18-38)39(22-25-5-4-16-34-21-25)31(41)23-40-30-7-3-2-6-29(30)36-37-40/h2-16,21,32H,17-20,22-23H2,1H3,(H,35,42). The van der Waals surface area contributed by atoms with Gasteiger partial charge in [0.25, 0.3) is 5.91 Å². The Hall–Kier alpha value is -5.09. The molecule has 10 nitrogen and oxygen atoms in total. The van der Waals surface area contributed by atoms with Crippen molar-refractivity contribution in [2.24, 2.45) is 0 Å². The molecule has 43 heavy (non-hydrogen) atoms. The largest absolute Gasteiger partial charge is 0.378 e. The highest BCUT2D eigenvalue weighted by Crippen LogP contribution is 2.27. The van der Waals surface area contributed by atoms with Crippen molar-refractivity contribution in [2.45, 2.75) is 26.1 Å². The van der Waals surface area contributed by atoms with Crippen molar-refractivity contribution < 1.29 is 14.3 Å². The molecule has 5 aromatic rings. The molecule has 3 heterocycles. The van der Waals surface area contributed by atoms with Crippen LogP contribution in [0.3, 0.4) is 0 Å². The number of aromatic nitrogens is 4. The molecule has 0 aliphatic carbocycles. The van der Waals surface area contributed by atoms with Gasteiger partial charge in [-0.3, -0.25) is 14.6 Å². The molecule has 0 spiro atoms. The molecule has 10 heteroatoms. The summed E-state index contributed by atoms with van der Waals surface area (Å²) >= 11 is 0. The lowest BCUT2D eigenvalue weighted by molar-refractivity contribution is -0.140. The second kappa shape index (κ2) is 12.8. The fourth-order valence-corrected chi connectivity index (χ4v) is 5.27. The molecule has 1 fully saturated rings. The van der Waals surface area contributed by atoms with E-state index in [0.717, 1.165) is 35.4 Å². The van der Waals surface area contributed by atoms with Crippen LogP contribution in [0.15, 0.2) is 97.3 Å². The van der Waals surface area contributed by atoms with Gasteiger partial charge in [0.15, 0.2) is 0 Å². The first kappa shape index (κ1) is 28.0. The number of para-hydroxylation sites is 1. The molecule has 1 unspecified atom stereocenters. The maximum absolute atomic E-state index is 14.2. The van der Waals surface area contributed by atoms with E-state index in [1.54, 1.807) is 22.0 Å². The topological polar surface area (TPSA) is 105 Å². The van der Waals surface area contributed by atoms with Crippen LogP contribution in [-0.2, 0) is 27.4 Å². The molecule has 2 aromatic heterocycles. The van der Waals surface area contributed by atoms with Crippen LogP contribution in [0.4, 0.5) is 11.4 Å². The molecule has 1 aliphatic rings. The lowest BCUT2D eigenvalue weighted by Crippen LogP contribution is -2.42. The van der Waals surface area contributed by atoms with Crippen molar-refractivity contribution in [1.82, 2.24) is 24.9 Å². The highest BCUT2D eigenvalue weighted by Gasteiger charge is 2.32. The zero-order valence-corrected chi connectivity index (χ0v) is 24.0. The minimum absolute atomic E-state index is 0.0787. The summed E-state index contributed by atoms with van der Waals surface area (Å²) in [5.41, 5.74) is 5.73.